The number of non-ortho nitro benzene ring substituents is 1. The number of rotatable bonds is 3. The molecule has 80 valence electrons. The number of nitrogens with zero attached hydrogens (tertiary/aromatic N) is 2. The van der Waals surface area contributed by atoms with Crippen LogP contribution in [0.5, 0.6) is 0 Å². The number of nitro groups is 2. The van der Waals surface area contributed by atoms with Gasteiger partial charge in [0.15, 0.2) is 0 Å². The Morgan fingerprint density at radius 3 is 2.27 bits per heavy atom. The van der Waals surface area contributed by atoms with Crippen molar-refractivity contribution < 1.29 is 15.0 Å². The molecular formula is C8H8N2O5. The molecule has 0 spiro atoms. The molecule has 0 aromatic heterocycles. The highest BCUT2D eigenvalue weighted by Gasteiger charge is 2.21. The van der Waals surface area contributed by atoms with Gasteiger partial charge in [-0.1, -0.05) is 0 Å². The van der Waals surface area contributed by atoms with Crippen molar-refractivity contribution in [3.63, 3.8) is 0 Å². The van der Waals surface area contributed by atoms with E-state index in [1.807, 2.05) is 0 Å². The van der Waals surface area contributed by atoms with Crippen LogP contribution in [0, 0.1) is 20.2 Å². The van der Waals surface area contributed by atoms with Crippen LogP contribution in [0.15, 0.2) is 18.2 Å². The van der Waals surface area contributed by atoms with E-state index in [0.29, 0.717) is 0 Å². The maximum absolute atomic E-state index is 10.6. The second-order valence-electron chi connectivity index (χ2n) is 2.93. The van der Waals surface area contributed by atoms with Gasteiger partial charge in [-0.05, 0) is 13.0 Å². The molecule has 7 nitrogen and oxygen atoms in total. The van der Waals surface area contributed by atoms with Crippen molar-refractivity contribution in [3.05, 3.63) is 44.0 Å². The minimum atomic E-state index is -1.04. The first kappa shape index (κ1) is 11.1. The average Bonchev–Trinajstić information content (AvgIpc) is 2.16. The van der Waals surface area contributed by atoms with Crippen molar-refractivity contribution in [1.29, 1.82) is 0 Å². The topological polar surface area (TPSA) is 107 Å². The first-order chi connectivity index (χ1) is 6.93. The lowest BCUT2D eigenvalue weighted by Crippen LogP contribution is -2.00. The maximum Gasteiger partial charge on any atom is 0.282 e. The molecule has 1 aromatic carbocycles. The van der Waals surface area contributed by atoms with E-state index in [9.17, 15) is 25.3 Å². The zero-order valence-corrected chi connectivity index (χ0v) is 7.78. The number of aliphatic hydroxyl groups is 1. The van der Waals surface area contributed by atoms with Crippen LogP contribution in [-0.2, 0) is 0 Å². The molecule has 0 heterocycles. The number of nitro benzene ring substituents is 2. The van der Waals surface area contributed by atoms with Crippen molar-refractivity contribution in [1.82, 2.24) is 0 Å². The van der Waals surface area contributed by atoms with E-state index < -0.39 is 21.6 Å². The summed E-state index contributed by atoms with van der Waals surface area (Å²) in [6.45, 7) is 1.36. The van der Waals surface area contributed by atoms with Gasteiger partial charge in [-0.3, -0.25) is 20.2 Å². The monoisotopic (exact) mass is 212 g/mol. The van der Waals surface area contributed by atoms with Crippen molar-refractivity contribution in [3.8, 4) is 0 Å². The molecule has 0 amide bonds. The third-order valence-corrected chi connectivity index (χ3v) is 1.87. The number of hydrogen-bond acceptors (Lipinski definition) is 5. The molecular weight excluding hydrogens is 204 g/mol. The Hall–Kier alpha value is -2.02. The molecule has 0 bridgehead atoms. The van der Waals surface area contributed by atoms with Gasteiger partial charge < -0.3 is 5.11 Å². The van der Waals surface area contributed by atoms with Crippen LogP contribution in [0.1, 0.15) is 18.6 Å². The van der Waals surface area contributed by atoms with Gasteiger partial charge in [-0.25, -0.2) is 0 Å². The Bertz CT molecular complexity index is 415. The molecule has 0 aliphatic rings. The van der Waals surface area contributed by atoms with Gasteiger partial charge in [-0.2, -0.15) is 0 Å². The third-order valence-electron chi connectivity index (χ3n) is 1.87. The van der Waals surface area contributed by atoms with Crippen LogP contribution < -0.4 is 0 Å². The highest BCUT2D eigenvalue weighted by Crippen LogP contribution is 2.28. The predicted molar refractivity (Wildman–Crippen MR) is 50.4 cm³/mol. The van der Waals surface area contributed by atoms with Crippen LogP contribution in [0.3, 0.4) is 0 Å². The van der Waals surface area contributed by atoms with E-state index in [1.54, 1.807) is 0 Å². The fourth-order valence-electron chi connectivity index (χ4n) is 1.16. The molecule has 1 N–H and O–H groups in total. The maximum atomic E-state index is 10.6. The van der Waals surface area contributed by atoms with Crippen LogP contribution >= 0.6 is 0 Å². The van der Waals surface area contributed by atoms with E-state index in [0.717, 1.165) is 12.1 Å². The van der Waals surface area contributed by atoms with Gasteiger partial charge in [0, 0.05) is 6.07 Å². The molecule has 0 radical (unpaired) electrons. The summed E-state index contributed by atoms with van der Waals surface area (Å²) in [5.41, 5.74) is -0.754. The van der Waals surface area contributed by atoms with Gasteiger partial charge in [0.05, 0.1) is 27.6 Å². The fourth-order valence-corrected chi connectivity index (χ4v) is 1.16. The summed E-state index contributed by atoms with van der Waals surface area (Å²) in [5, 5.41) is 30.2. The minimum Gasteiger partial charge on any atom is -0.388 e. The van der Waals surface area contributed by atoms with Crippen LogP contribution in [0.4, 0.5) is 11.4 Å². The molecule has 7 heteroatoms. The number of benzene rings is 1. The smallest absolute Gasteiger partial charge is 0.282 e. The Morgan fingerprint density at radius 2 is 1.87 bits per heavy atom. The van der Waals surface area contributed by atoms with Crippen LogP contribution in [0.25, 0.3) is 0 Å². The molecule has 0 fully saturated rings. The Labute approximate surface area is 84.3 Å². The molecule has 0 saturated carbocycles. The van der Waals surface area contributed by atoms with Gasteiger partial charge >= 0.3 is 0 Å². The SMILES string of the molecule is CC(O)c1ccc([N+](=O)[O-])cc1[N+](=O)[O-]. The first-order valence-electron chi connectivity index (χ1n) is 4.04. The van der Waals surface area contributed by atoms with Crippen molar-refractivity contribution in [2.75, 3.05) is 0 Å². The van der Waals surface area contributed by atoms with Crippen LogP contribution in [0.2, 0.25) is 0 Å². The molecule has 15 heavy (non-hydrogen) atoms. The summed E-state index contributed by atoms with van der Waals surface area (Å²) >= 11 is 0. The largest absolute Gasteiger partial charge is 0.388 e. The Balaban J connectivity index is 3.33. The standard InChI is InChI=1S/C8H8N2O5/c1-5(11)7-3-2-6(9(12)13)4-8(7)10(14)15/h2-5,11H,1H3. The summed E-state index contributed by atoms with van der Waals surface area (Å²) < 4.78 is 0. The normalized spacial score (nSPS) is 12.1. The number of aliphatic hydroxyl groups excluding tert-OH is 1. The quantitative estimate of drug-likeness (QED) is 0.604. The molecule has 0 aliphatic carbocycles. The second-order valence-corrected chi connectivity index (χ2v) is 2.93. The van der Waals surface area contributed by atoms with Gasteiger partial charge in [0.2, 0.25) is 0 Å². The molecule has 1 rings (SSSR count). The molecule has 0 aliphatic heterocycles. The molecule has 1 unspecified atom stereocenters. The van der Waals surface area contributed by atoms with Gasteiger partial charge in [0.1, 0.15) is 0 Å². The van der Waals surface area contributed by atoms with E-state index in [1.165, 1.54) is 13.0 Å². The van der Waals surface area contributed by atoms with Gasteiger partial charge in [0.25, 0.3) is 11.4 Å². The third kappa shape index (κ3) is 2.26. The Morgan fingerprint density at radius 1 is 1.27 bits per heavy atom. The van der Waals surface area contributed by atoms with Crippen molar-refractivity contribution in [2.45, 2.75) is 13.0 Å². The van der Waals surface area contributed by atoms with E-state index in [-0.39, 0.29) is 11.3 Å². The van der Waals surface area contributed by atoms with Crippen LogP contribution in [-0.4, -0.2) is 15.0 Å². The lowest BCUT2D eigenvalue weighted by Gasteiger charge is -2.04. The first-order valence-corrected chi connectivity index (χ1v) is 4.04. The van der Waals surface area contributed by atoms with E-state index in [2.05, 4.69) is 0 Å². The summed E-state index contributed by atoms with van der Waals surface area (Å²) in [4.78, 5) is 19.5. The minimum absolute atomic E-state index is 0.0607. The molecule has 1 aromatic rings. The zero-order chi connectivity index (χ0) is 11.6. The summed E-state index contributed by atoms with van der Waals surface area (Å²) in [7, 11) is 0. The molecule has 1 atom stereocenters. The summed E-state index contributed by atoms with van der Waals surface area (Å²) in [6.07, 6.45) is -1.04. The zero-order valence-electron chi connectivity index (χ0n) is 7.78. The van der Waals surface area contributed by atoms with Crippen molar-refractivity contribution in [2.24, 2.45) is 0 Å². The summed E-state index contributed by atoms with van der Waals surface area (Å²) in [6, 6.07) is 3.14. The van der Waals surface area contributed by atoms with E-state index >= 15 is 0 Å². The number of hydrogen-bond donors (Lipinski definition) is 1. The van der Waals surface area contributed by atoms with Crippen molar-refractivity contribution >= 4 is 11.4 Å². The summed E-state index contributed by atoms with van der Waals surface area (Å²) in [5.74, 6) is 0. The van der Waals surface area contributed by atoms with Gasteiger partial charge in [-0.15, -0.1) is 0 Å². The highest BCUT2D eigenvalue weighted by molar-refractivity contribution is 5.49. The fraction of sp³-hybridized carbons (Fsp3) is 0.250. The average molecular weight is 212 g/mol. The lowest BCUT2D eigenvalue weighted by atomic mass is 10.1. The van der Waals surface area contributed by atoms with E-state index in [4.69, 9.17) is 0 Å². The predicted octanol–water partition coefficient (Wildman–Crippen LogP) is 1.56. The lowest BCUT2D eigenvalue weighted by molar-refractivity contribution is -0.394. The molecule has 0 saturated heterocycles. The second kappa shape index (κ2) is 4.01. The Kier molecular flexibility index (Phi) is 2.96. The highest BCUT2D eigenvalue weighted by atomic mass is 16.6.